The molecule has 0 fully saturated rings. The molecule has 150 valence electrons. The monoisotopic (exact) mass is 390 g/mol. The summed E-state index contributed by atoms with van der Waals surface area (Å²) >= 11 is 0. The van der Waals surface area contributed by atoms with E-state index in [1.54, 1.807) is 0 Å². The van der Waals surface area contributed by atoms with Gasteiger partial charge in [0.25, 0.3) is 0 Å². The Kier molecular flexibility index (Phi) is 6.81. The van der Waals surface area contributed by atoms with Gasteiger partial charge in [0.2, 0.25) is 0 Å². The minimum Gasteiger partial charge on any atom is -0.462 e. The maximum atomic E-state index is 13.7. The Balaban J connectivity index is 2.20. The molecule has 4 heteroatoms. The number of esters is 1. The molecule has 3 aromatic rings. The molecule has 0 aromatic heterocycles. The lowest BCUT2D eigenvalue weighted by Crippen LogP contribution is -2.44. The van der Waals surface area contributed by atoms with Gasteiger partial charge in [-0.25, -0.2) is 0 Å². The first-order valence-corrected chi connectivity index (χ1v) is 9.72. The fourth-order valence-electron chi connectivity index (χ4n) is 3.81. The average Bonchev–Trinajstić information content (AvgIpc) is 2.80. The molecule has 0 aliphatic rings. The number of hydrogen-bond acceptors (Lipinski definition) is 4. The van der Waals surface area contributed by atoms with Crippen molar-refractivity contribution in [2.45, 2.75) is 24.4 Å². The van der Waals surface area contributed by atoms with Crippen LogP contribution in [-0.2, 0) is 14.9 Å². The summed E-state index contributed by atoms with van der Waals surface area (Å²) in [5.41, 5.74) is 1.51. The molecule has 2 atom stereocenters. The number of hydrogen-bond donors (Lipinski definition) is 2. The Morgan fingerprint density at radius 1 is 0.862 bits per heavy atom. The van der Waals surface area contributed by atoms with E-state index in [0.717, 1.165) is 16.7 Å². The fraction of sp³-hybridized carbons (Fsp3) is 0.240. The van der Waals surface area contributed by atoms with Crippen LogP contribution in [0.2, 0.25) is 0 Å². The van der Waals surface area contributed by atoms with Gasteiger partial charge < -0.3 is 14.9 Å². The molecule has 3 rings (SSSR count). The Labute approximate surface area is 171 Å². The van der Waals surface area contributed by atoms with Gasteiger partial charge in [0.15, 0.2) is 0 Å². The lowest BCUT2D eigenvalue weighted by molar-refractivity contribution is -0.153. The van der Waals surface area contributed by atoms with E-state index in [0.29, 0.717) is 0 Å². The van der Waals surface area contributed by atoms with E-state index < -0.39 is 24.1 Å². The van der Waals surface area contributed by atoms with Crippen LogP contribution in [0.15, 0.2) is 91.0 Å². The summed E-state index contributed by atoms with van der Waals surface area (Å²) in [6, 6.07) is 29.0. The van der Waals surface area contributed by atoms with Gasteiger partial charge in [-0.15, -0.1) is 0 Å². The second-order valence-electron chi connectivity index (χ2n) is 7.11. The third kappa shape index (κ3) is 4.24. The zero-order valence-electron chi connectivity index (χ0n) is 16.4. The zero-order valence-corrected chi connectivity index (χ0v) is 16.4. The molecular weight excluding hydrogens is 364 g/mol. The maximum Gasteiger partial charge on any atom is 0.321 e. The third-order valence-electron chi connectivity index (χ3n) is 5.35. The number of aliphatic hydroxyl groups excluding tert-OH is 2. The summed E-state index contributed by atoms with van der Waals surface area (Å²) in [7, 11) is 0. The molecule has 2 N–H and O–H groups in total. The number of carbonyl (C=O) groups excluding carboxylic acids is 1. The van der Waals surface area contributed by atoms with Crippen molar-refractivity contribution in [1.82, 2.24) is 0 Å². The van der Waals surface area contributed by atoms with Crippen molar-refractivity contribution in [2.24, 2.45) is 0 Å². The maximum absolute atomic E-state index is 13.7. The zero-order chi connectivity index (χ0) is 20.7. The van der Waals surface area contributed by atoms with Crippen molar-refractivity contribution in [3.05, 3.63) is 108 Å². The molecule has 0 spiro atoms. The largest absolute Gasteiger partial charge is 0.462 e. The highest BCUT2D eigenvalue weighted by atomic mass is 16.5. The summed E-state index contributed by atoms with van der Waals surface area (Å²) in [6.07, 6.45) is -1.12. The van der Waals surface area contributed by atoms with Crippen LogP contribution in [0, 0.1) is 0 Å². The molecule has 29 heavy (non-hydrogen) atoms. The fourth-order valence-corrected chi connectivity index (χ4v) is 3.81. The third-order valence-corrected chi connectivity index (χ3v) is 5.35. The molecule has 0 aliphatic carbocycles. The van der Waals surface area contributed by atoms with Crippen LogP contribution in [0.5, 0.6) is 0 Å². The number of rotatable bonds is 8. The standard InChI is InChI=1S/C25H26O4/c1-19(20-11-5-2-6-12-20)25(21-13-7-3-8-14-21,22-15-9-4-10-16-22)24(28)29-18-23(27)17-26/h2-16,19,23,26-27H,17-18H2,1H3. The van der Waals surface area contributed by atoms with Crippen LogP contribution < -0.4 is 0 Å². The van der Waals surface area contributed by atoms with Gasteiger partial charge in [-0.05, 0) is 16.7 Å². The van der Waals surface area contributed by atoms with E-state index in [9.17, 15) is 9.90 Å². The highest BCUT2D eigenvalue weighted by Crippen LogP contribution is 2.45. The summed E-state index contributed by atoms with van der Waals surface area (Å²) < 4.78 is 5.56. The Hall–Kier alpha value is -2.95. The van der Waals surface area contributed by atoms with Crippen LogP contribution in [0.3, 0.4) is 0 Å². The Morgan fingerprint density at radius 2 is 1.31 bits per heavy atom. The number of ether oxygens (including phenoxy) is 1. The molecule has 0 heterocycles. The van der Waals surface area contributed by atoms with E-state index in [4.69, 9.17) is 9.84 Å². The van der Waals surface area contributed by atoms with Crippen LogP contribution in [0.1, 0.15) is 29.5 Å². The summed E-state index contributed by atoms with van der Waals surface area (Å²) in [6.45, 7) is 1.28. The summed E-state index contributed by atoms with van der Waals surface area (Å²) in [5.74, 6) is -0.703. The van der Waals surface area contributed by atoms with Crippen molar-refractivity contribution in [2.75, 3.05) is 13.2 Å². The minimum atomic E-state index is -1.12. The molecular formula is C25H26O4. The number of carbonyl (C=O) groups is 1. The van der Waals surface area contributed by atoms with E-state index in [2.05, 4.69) is 0 Å². The van der Waals surface area contributed by atoms with Crippen molar-refractivity contribution in [1.29, 1.82) is 0 Å². The first kappa shape index (κ1) is 20.8. The molecule has 0 amide bonds. The van der Waals surface area contributed by atoms with E-state index in [1.807, 2.05) is 97.9 Å². The number of aliphatic hydroxyl groups is 2. The smallest absolute Gasteiger partial charge is 0.321 e. The van der Waals surface area contributed by atoms with Crippen LogP contribution in [0.4, 0.5) is 0 Å². The lowest BCUT2D eigenvalue weighted by atomic mass is 9.64. The Morgan fingerprint density at radius 3 is 1.76 bits per heavy atom. The average molecular weight is 390 g/mol. The van der Waals surface area contributed by atoms with Gasteiger partial charge in [-0.3, -0.25) is 4.79 Å². The lowest BCUT2D eigenvalue weighted by Gasteiger charge is -2.38. The van der Waals surface area contributed by atoms with Gasteiger partial charge in [-0.2, -0.15) is 0 Å². The van der Waals surface area contributed by atoms with E-state index in [-0.39, 0.29) is 12.5 Å². The van der Waals surface area contributed by atoms with Gasteiger partial charge in [0, 0.05) is 5.92 Å². The molecule has 3 aromatic carbocycles. The van der Waals surface area contributed by atoms with Crippen LogP contribution in [-0.4, -0.2) is 35.5 Å². The van der Waals surface area contributed by atoms with Crippen molar-refractivity contribution < 1.29 is 19.7 Å². The van der Waals surface area contributed by atoms with Crippen LogP contribution >= 0.6 is 0 Å². The topological polar surface area (TPSA) is 66.8 Å². The van der Waals surface area contributed by atoms with Gasteiger partial charge >= 0.3 is 5.97 Å². The molecule has 0 saturated carbocycles. The highest BCUT2D eigenvalue weighted by molar-refractivity contribution is 5.89. The molecule has 4 nitrogen and oxygen atoms in total. The number of benzene rings is 3. The van der Waals surface area contributed by atoms with E-state index >= 15 is 0 Å². The first-order valence-electron chi connectivity index (χ1n) is 9.72. The highest BCUT2D eigenvalue weighted by Gasteiger charge is 2.48. The minimum absolute atomic E-state index is 0.243. The molecule has 0 bridgehead atoms. The van der Waals surface area contributed by atoms with Crippen LogP contribution in [0.25, 0.3) is 0 Å². The molecule has 0 saturated heterocycles. The predicted octanol–water partition coefficient (Wildman–Crippen LogP) is 3.67. The van der Waals surface area contributed by atoms with Gasteiger partial charge in [-0.1, -0.05) is 97.9 Å². The van der Waals surface area contributed by atoms with Crippen molar-refractivity contribution in [3.8, 4) is 0 Å². The first-order chi connectivity index (χ1) is 14.1. The second-order valence-corrected chi connectivity index (χ2v) is 7.11. The summed E-state index contributed by atoms with van der Waals surface area (Å²) in [4.78, 5) is 13.7. The normalized spacial score (nSPS) is 13.5. The van der Waals surface area contributed by atoms with Crippen molar-refractivity contribution >= 4 is 5.97 Å². The van der Waals surface area contributed by atoms with E-state index in [1.165, 1.54) is 0 Å². The summed E-state index contributed by atoms with van der Waals surface area (Å²) in [5, 5.41) is 18.9. The molecule has 2 unspecified atom stereocenters. The van der Waals surface area contributed by atoms with Gasteiger partial charge in [0.05, 0.1) is 6.61 Å². The van der Waals surface area contributed by atoms with Gasteiger partial charge in [0.1, 0.15) is 18.1 Å². The molecule has 0 radical (unpaired) electrons. The van der Waals surface area contributed by atoms with Crippen molar-refractivity contribution in [3.63, 3.8) is 0 Å². The SMILES string of the molecule is CC(c1ccccc1)C(C(=O)OCC(O)CO)(c1ccccc1)c1ccccc1. The second kappa shape index (κ2) is 9.50. The molecule has 0 aliphatic heterocycles. The quantitative estimate of drug-likeness (QED) is 0.576. The predicted molar refractivity (Wildman–Crippen MR) is 113 cm³/mol. The Bertz CT molecular complexity index is 854.